The van der Waals surface area contributed by atoms with Gasteiger partial charge in [0.2, 0.25) is 15.9 Å². The van der Waals surface area contributed by atoms with E-state index < -0.39 is 28.4 Å². The second-order valence-corrected chi connectivity index (χ2v) is 5.61. The van der Waals surface area contributed by atoms with Gasteiger partial charge < -0.3 is 10.8 Å². The second kappa shape index (κ2) is 5.81. The van der Waals surface area contributed by atoms with Crippen LogP contribution in [0.4, 0.5) is 0 Å². The quantitative estimate of drug-likeness (QED) is 0.756. The molecule has 0 aliphatic heterocycles. The maximum atomic E-state index is 12.3. The van der Waals surface area contributed by atoms with Crippen molar-refractivity contribution in [1.29, 1.82) is 0 Å². The predicted molar refractivity (Wildman–Crippen MR) is 67.0 cm³/mol. The van der Waals surface area contributed by atoms with Gasteiger partial charge in [-0.25, -0.2) is 13.2 Å². The molecule has 0 fully saturated rings. The van der Waals surface area contributed by atoms with Gasteiger partial charge in [0, 0.05) is 6.54 Å². The van der Waals surface area contributed by atoms with E-state index in [4.69, 9.17) is 10.8 Å². The summed E-state index contributed by atoms with van der Waals surface area (Å²) in [5.74, 6) is -2.16. The van der Waals surface area contributed by atoms with Crippen molar-refractivity contribution in [1.82, 2.24) is 4.31 Å². The maximum Gasteiger partial charge on any atom is 0.337 e. The van der Waals surface area contributed by atoms with Gasteiger partial charge in [0.05, 0.1) is 17.0 Å². The number of amides is 1. The number of carbonyl (C=O) groups is 2. The Labute approximate surface area is 110 Å². The first-order chi connectivity index (χ1) is 8.80. The van der Waals surface area contributed by atoms with Crippen molar-refractivity contribution < 1.29 is 23.1 Å². The normalized spacial score (nSPS) is 11.5. The zero-order valence-corrected chi connectivity index (χ0v) is 11.1. The van der Waals surface area contributed by atoms with E-state index >= 15 is 0 Å². The van der Waals surface area contributed by atoms with E-state index in [1.54, 1.807) is 0 Å². The number of carboxylic acids is 1. The molecule has 0 unspecified atom stereocenters. The minimum Gasteiger partial charge on any atom is -0.478 e. The fraction of sp³-hybridized carbons (Fsp3) is 0.273. The Kier molecular flexibility index (Phi) is 4.62. The molecule has 1 aromatic rings. The van der Waals surface area contributed by atoms with Crippen LogP contribution in [0.1, 0.15) is 17.3 Å². The molecular formula is C11H14N2O5S. The molecule has 7 nitrogen and oxygen atoms in total. The minimum atomic E-state index is -4.07. The first kappa shape index (κ1) is 15.1. The Morgan fingerprint density at radius 3 is 2.37 bits per heavy atom. The highest BCUT2D eigenvalue weighted by molar-refractivity contribution is 7.89. The van der Waals surface area contributed by atoms with Crippen LogP contribution in [0.5, 0.6) is 0 Å². The molecule has 0 spiro atoms. The Morgan fingerprint density at radius 2 is 1.89 bits per heavy atom. The number of carboxylic acid groups (broad SMARTS) is 1. The number of benzene rings is 1. The molecule has 1 rings (SSSR count). The summed E-state index contributed by atoms with van der Waals surface area (Å²) in [6.45, 7) is 1.05. The van der Waals surface area contributed by atoms with E-state index in [2.05, 4.69) is 0 Å². The standard InChI is InChI=1S/C11H14N2O5S/c1-2-13(7-10(12)14)19(17,18)9-6-4-3-5-8(9)11(15)16/h3-6H,2,7H2,1H3,(H2,12,14)(H,15,16). The van der Waals surface area contributed by atoms with Gasteiger partial charge in [-0.05, 0) is 12.1 Å². The highest BCUT2D eigenvalue weighted by Gasteiger charge is 2.28. The van der Waals surface area contributed by atoms with E-state index in [-0.39, 0.29) is 17.0 Å². The van der Waals surface area contributed by atoms with Crippen molar-refractivity contribution in [2.75, 3.05) is 13.1 Å². The molecule has 0 saturated carbocycles. The second-order valence-electron chi connectivity index (χ2n) is 3.70. The Hall–Kier alpha value is -1.93. The van der Waals surface area contributed by atoms with Gasteiger partial charge in [0.1, 0.15) is 0 Å². The number of sulfonamides is 1. The molecule has 0 aliphatic carbocycles. The van der Waals surface area contributed by atoms with E-state index in [1.165, 1.54) is 31.2 Å². The SMILES string of the molecule is CCN(CC(N)=O)S(=O)(=O)c1ccccc1C(=O)O. The summed E-state index contributed by atoms with van der Waals surface area (Å²) in [7, 11) is -4.07. The maximum absolute atomic E-state index is 12.3. The largest absolute Gasteiger partial charge is 0.478 e. The Bertz CT molecular complexity index is 597. The van der Waals surface area contributed by atoms with Crippen LogP contribution in [-0.2, 0) is 14.8 Å². The first-order valence-corrected chi connectivity index (χ1v) is 6.85. The summed E-state index contributed by atoms with van der Waals surface area (Å²) in [6, 6.07) is 5.21. The van der Waals surface area contributed by atoms with Crippen LogP contribution >= 0.6 is 0 Å². The first-order valence-electron chi connectivity index (χ1n) is 5.41. The van der Waals surface area contributed by atoms with E-state index in [0.29, 0.717) is 0 Å². The summed E-state index contributed by atoms with van der Waals surface area (Å²) >= 11 is 0. The van der Waals surface area contributed by atoms with Gasteiger partial charge in [-0.1, -0.05) is 19.1 Å². The van der Waals surface area contributed by atoms with E-state index in [9.17, 15) is 18.0 Å². The number of carbonyl (C=O) groups excluding carboxylic acids is 1. The average Bonchev–Trinajstić information content (AvgIpc) is 2.35. The third-order valence-electron chi connectivity index (χ3n) is 2.42. The lowest BCUT2D eigenvalue weighted by Crippen LogP contribution is -2.38. The molecule has 0 radical (unpaired) electrons. The van der Waals surface area contributed by atoms with Crippen LogP contribution in [0.3, 0.4) is 0 Å². The molecule has 104 valence electrons. The lowest BCUT2D eigenvalue weighted by atomic mass is 10.2. The van der Waals surface area contributed by atoms with Crippen LogP contribution in [0.2, 0.25) is 0 Å². The molecule has 0 bridgehead atoms. The molecule has 0 aromatic heterocycles. The lowest BCUT2D eigenvalue weighted by molar-refractivity contribution is -0.118. The molecule has 0 saturated heterocycles. The predicted octanol–water partition coefficient (Wildman–Crippen LogP) is -0.119. The topological polar surface area (TPSA) is 118 Å². The third-order valence-corrected chi connectivity index (χ3v) is 4.40. The zero-order valence-electron chi connectivity index (χ0n) is 10.2. The zero-order chi connectivity index (χ0) is 14.6. The number of aromatic carboxylic acids is 1. The molecule has 8 heteroatoms. The summed E-state index contributed by atoms with van der Waals surface area (Å²) < 4.78 is 25.4. The molecule has 3 N–H and O–H groups in total. The van der Waals surface area contributed by atoms with Crippen LogP contribution < -0.4 is 5.73 Å². The lowest BCUT2D eigenvalue weighted by Gasteiger charge is -2.19. The minimum absolute atomic E-state index is 0.0131. The highest BCUT2D eigenvalue weighted by Crippen LogP contribution is 2.19. The van der Waals surface area contributed by atoms with Gasteiger partial charge in [-0.15, -0.1) is 0 Å². The van der Waals surface area contributed by atoms with E-state index in [0.717, 1.165) is 4.31 Å². The van der Waals surface area contributed by atoms with Crippen molar-refractivity contribution in [3.05, 3.63) is 29.8 Å². The van der Waals surface area contributed by atoms with Crippen molar-refractivity contribution in [2.45, 2.75) is 11.8 Å². The number of rotatable bonds is 6. The molecule has 0 atom stereocenters. The van der Waals surface area contributed by atoms with Crippen LogP contribution in [0.15, 0.2) is 29.2 Å². The molecular weight excluding hydrogens is 272 g/mol. The monoisotopic (exact) mass is 286 g/mol. The fourth-order valence-corrected chi connectivity index (χ4v) is 3.15. The van der Waals surface area contributed by atoms with Crippen molar-refractivity contribution in [3.8, 4) is 0 Å². The van der Waals surface area contributed by atoms with Crippen LogP contribution in [0.25, 0.3) is 0 Å². The molecule has 0 heterocycles. The molecule has 0 aliphatic rings. The van der Waals surface area contributed by atoms with Crippen molar-refractivity contribution in [2.24, 2.45) is 5.73 Å². The Balaban J connectivity index is 3.34. The summed E-state index contributed by atoms with van der Waals surface area (Å²) in [5.41, 5.74) is 4.64. The van der Waals surface area contributed by atoms with Gasteiger partial charge in [-0.3, -0.25) is 4.79 Å². The average molecular weight is 286 g/mol. The van der Waals surface area contributed by atoms with E-state index in [1.807, 2.05) is 0 Å². The number of nitrogens with zero attached hydrogens (tertiary/aromatic N) is 1. The fourth-order valence-electron chi connectivity index (χ4n) is 1.55. The number of likely N-dealkylation sites (N-methyl/N-ethyl adjacent to an activating group) is 1. The number of nitrogens with two attached hydrogens (primary N) is 1. The summed E-state index contributed by atoms with van der Waals surface area (Å²) in [5, 5.41) is 8.99. The van der Waals surface area contributed by atoms with Crippen molar-refractivity contribution >= 4 is 21.9 Å². The Morgan fingerprint density at radius 1 is 1.32 bits per heavy atom. The summed E-state index contributed by atoms with van der Waals surface area (Å²) in [6.07, 6.45) is 0. The van der Waals surface area contributed by atoms with Crippen LogP contribution in [-0.4, -0.2) is 42.8 Å². The molecule has 1 aromatic carbocycles. The van der Waals surface area contributed by atoms with Crippen molar-refractivity contribution in [3.63, 3.8) is 0 Å². The van der Waals surface area contributed by atoms with Gasteiger partial charge >= 0.3 is 5.97 Å². The number of hydrogen-bond acceptors (Lipinski definition) is 4. The highest BCUT2D eigenvalue weighted by atomic mass is 32.2. The van der Waals surface area contributed by atoms with Gasteiger partial charge in [0.15, 0.2) is 0 Å². The third kappa shape index (κ3) is 3.30. The molecule has 1 amide bonds. The summed E-state index contributed by atoms with van der Waals surface area (Å²) in [4.78, 5) is 21.5. The van der Waals surface area contributed by atoms with Gasteiger partial charge in [0.25, 0.3) is 0 Å². The van der Waals surface area contributed by atoms with Gasteiger partial charge in [-0.2, -0.15) is 4.31 Å². The smallest absolute Gasteiger partial charge is 0.337 e. The van der Waals surface area contributed by atoms with Crippen LogP contribution in [0, 0.1) is 0 Å². The molecule has 19 heavy (non-hydrogen) atoms. The number of hydrogen-bond donors (Lipinski definition) is 2. The number of primary amides is 1.